The highest BCUT2D eigenvalue weighted by molar-refractivity contribution is 6.30. The molecule has 0 fully saturated rings. The van der Waals surface area contributed by atoms with Crippen molar-refractivity contribution in [1.29, 1.82) is 0 Å². The maximum absolute atomic E-state index is 12.8. The Kier molecular flexibility index (Phi) is 5.14. The molecule has 146 valence electrons. The number of ether oxygens (including phenoxy) is 1. The van der Waals surface area contributed by atoms with Crippen molar-refractivity contribution in [3.05, 3.63) is 77.3 Å². The second-order valence-electron chi connectivity index (χ2n) is 6.71. The Morgan fingerprint density at radius 3 is 2.52 bits per heavy atom. The highest BCUT2D eigenvalue weighted by Gasteiger charge is 2.16. The van der Waals surface area contributed by atoms with Gasteiger partial charge in [0.05, 0.1) is 24.2 Å². The Bertz CT molecular complexity index is 1180. The van der Waals surface area contributed by atoms with Gasteiger partial charge in [-0.15, -0.1) is 0 Å². The molecule has 5 nitrogen and oxygen atoms in total. The van der Waals surface area contributed by atoms with Crippen LogP contribution in [0.2, 0.25) is 5.02 Å². The molecule has 0 radical (unpaired) electrons. The fourth-order valence-corrected chi connectivity index (χ4v) is 3.42. The standard InChI is InChI=1S/C23H20ClN3O2/c1-14-7-12-20(29-2)19(13-14)26-23(28)27-22-17-5-3-4-6-18(17)25-21(22)15-8-10-16(24)11-9-15/h3-13,25H,1-2H3,(H2,26,27,28). The summed E-state index contributed by atoms with van der Waals surface area (Å²) >= 11 is 6.03. The van der Waals surface area contributed by atoms with Gasteiger partial charge < -0.3 is 20.4 Å². The lowest BCUT2D eigenvalue weighted by molar-refractivity contribution is 0.262. The van der Waals surface area contributed by atoms with Crippen LogP contribution in [0.4, 0.5) is 16.2 Å². The van der Waals surface area contributed by atoms with Crippen LogP contribution in [-0.2, 0) is 0 Å². The summed E-state index contributed by atoms with van der Waals surface area (Å²) in [7, 11) is 1.58. The van der Waals surface area contributed by atoms with Gasteiger partial charge in [0.25, 0.3) is 0 Å². The molecule has 29 heavy (non-hydrogen) atoms. The first-order valence-electron chi connectivity index (χ1n) is 9.14. The average Bonchev–Trinajstić information content (AvgIpc) is 3.07. The number of urea groups is 1. The number of benzene rings is 3. The van der Waals surface area contributed by atoms with E-state index in [-0.39, 0.29) is 6.03 Å². The zero-order chi connectivity index (χ0) is 20.4. The fourth-order valence-electron chi connectivity index (χ4n) is 3.29. The maximum Gasteiger partial charge on any atom is 0.323 e. The number of nitrogens with one attached hydrogen (secondary N) is 3. The second-order valence-corrected chi connectivity index (χ2v) is 7.15. The number of aromatic amines is 1. The van der Waals surface area contributed by atoms with Crippen LogP contribution in [-0.4, -0.2) is 18.1 Å². The third-order valence-corrected chi connectivity index (χ3v) is 4.93. The van der Waals surface area contributed by atoms with Crippen LogP contribution in [0.3, 0.4) is 0 Å². The molecule has 3 aromatic carbocycles. The van der Waals surface area contributed by atoms with Gasteiger partial charge in [0.1, 0.15) is 5.75 Å². The molecule has 3 N–H and O–H groups in total. The topological polar surface area (TPSA) is 66.2 Å². The van der Waals surface area contributed by atoms with Crippen molar-refractivity contribution in [3.8, 4) is 17.0 Å². The highest BCUT2D eigenvalue weighted by Crippen LogP contribution is 2.35. The zero-order valence-electron chi connectivity index (χ0n) is 16.0. The fraction of sp³-hybridized carbons (Fsp3) is 0.0870. The minimum atomic E-state index is -0.353. The smallest absolute Gasteiger partial charge is 0.323 e. The van der Waals surface area contributed by atoms with E-state index in [4.69, 9.17) is 16.3 Å². The van der Waals surface area contributed by atoms with Crippen LogP contribution in [0.5, 0.6) is 5.75 Å². The average molecular weight is 406 g/mol. The first-order valence-corrected chi connectivity index (χ1v) is 9.52. The van der Waals surface area contributed by atoms with Gasteiger partial charge in [-0.1, -0.05) is 48.0 Å². The molecule has 4 rings (SSSR count). The van der Waals surface area contributed by atoms with Crippen LogP contribution < -0.4 is 15.4 Å². The van der Waals surface area contributed by atoms with Crippen molar-refractivity contribution < 1.29 is 9.53 Å². The summed E-state index contributed by atoms with van der Waals surface area (Å²) in [4.78, 5) is 16.2. The van der Waals surface area contributed by atoms with E-state index in [0.717, 1.165) is 27.7 Å². The monoisotopic (exact) mass is 405 g/mol. The highest BCUT2D eigenvalue weighted by atomic mass is 35.5. The maximum atomic E-state index is 12.8. The minimum Gasteiger partial charge on any atom is -0.495 e. The van der Waals surface area contributed by atoms with Gasteiger partial charge in [0, 0.05) is 21.5 Å². The molecule has 0 saturated carbocycles. The predicted octanol–water partition coefficient (Wildman–Crippen LogP) is 6.45. The zero-order valence-corrected chi connectivity index (χ0v) is 16.8. The van der Waals surface area contributed by atoms with Gasteiger partial charge in [-0.2, -0.15) is 0 Å². The Hall–Kier alpha value is -3.44. The predicted molar refractivity (Wildman–Crippen MR) is 119 cm³/mol. The van der Waals surface area contributed by atoms with Crippen LogP contribution in [0, 0.1) is 6.92 Å². The number of hydrogen-bond acceptors (Lipinski definition) is 2. The molecule has 0 saturated heterocycles. The number of anilines is 2. The first kappa shape index (κ1) is 18.9. The van der Waals surface area contributed by atoms with Crippen LogP contribution in [0.15, 0.2) is 66.7 Å². The van der Waals surface area contributed by atoms with Gasteiger partial charge in [-0.3, -0.25) is 0 Å². The summed E-state index contributed by atoms with van der Waals surface area (Å²) < 4.78 is 5.35. The second kappa shape index (κ2) is 7.89. The molecular formula is C23H20ClN3O2. The van der Waals surface area contributed by atoms with E-state index in [2.05, 4.69) is 15.6 Å². The van der Waals surface area contributed by atoms with Gasteiger partial charge in [0.2, 0.25) is 0 Å². The molecule has 2 amide bonds. The number of halogens is 1. The number of aromatic nitrogens is 1. The number of carbonyl (C=O) groups is 1. The van der Waals surface area contributed by atoms with E-state index in [9.17, 15) is 4.79 Å². The quantitative estimate of drug-likeness (QED) is 0.365. The Morgan fingerprint density at radius 2 is 1.76 bits per heavy atom. The lowest BCUT2D eigenvalue weighted by atomic mass is 10.1. The molecule has 0 spiro atoms. The lowest BCUT2D eigenvalue weighted by Crippen LogP contribution is -2.20. The minimum absolute atomic E-state index is 0.353. The molecule has 1 heterocycles. The molecule has 0 aliphatic rings. The van der Waals surface area contributed by atoms with E-state index in [1.165, 1.54) is 0 Å². The third kappa shape index (κ3) is 3.91. The summed E-state index contributed by atoms with van der Waals surface area (Å²) in [6.07, 6.45) is 0. The largest absolute Gasteiger partial charge is 0.495 e. The molecule has 0 bridgehead atoms. The molecule has 0 aliphatic carbocycles. The van der Waals surface area contributed by atoms with Gasteiger partial charge >= 0.3 is 6.03 Å². The molecule has 0 aliphatic heterocycles. The molecule has 0 unspecified atom stereocenters. The van der Waals surface area contributed by atoms with Crippen molar-refractivity contribution in [2.45, 2.75) is 6.92 Å². The number of amides is 2. The number of hydrogen-bond donors (Lipinski definition) is 3. The molecule has 6 heteroatoms. The normalized spacial score (nSPS) is 10.7. The van der Waals surface area contributed by atoms with E-state index < -0.39 is 0 Å². The molecular weight excluding hydrogens is 386 g/mol. The van der Waals surface area contributed by atoms with E-state index in [1.807, 2.05) is 73.7 Å². The van der Waals surface area contributed by atoms with E-state index >= 15 is 0 Å². The van der Waals surface area contributed by atoms with Crippen molar-refractivity contribution in [3.63, 3.8) is 0 Å². The Labute approximate surface area is 173 Å². The van der Waals surface area contributed by atoms with Crippen LogP contribution in [0.1, 0.15) is 5.56 Å². The van der Waals surface area contributed by atoms with Crippen LogP contribution in [0.25, 0.3) is 22.2 Å². The number of fused-ring (bicyclic) bond motifs is 1. The van der Waals surface area contributed by atoms with Gasteiger partial charge in [-0.05, 0) is 42.8 Å². The SMILES string of the molecule is COc1ccc(C)cc1NC(=O)Nc1c(-c2ccc(Cl)cc2)[nH]c2ccccc12. The number of rotatable bonds is 4. The van der Waals surface area contributed by atoms with Crippen molar-refractivity contribution in [2.24, 2.45) is 0 Å². The van der Waals surface area contributed by atoms with Gasteiger partial charge in [0.15, 0.2) is 0 Å². The summed E-state index contributed by atoms with van der Waals surface area (Å²) in [6, 6.07) is 20.6. The summed E-state index contributed by atoms with van der Waals surface area (Å²) in [5.41, 5.74) is 5.00. The van der Waals surface area contributed by atoms with Crippen molar-refractivity contribution in [2.75, 3.05) is 17.7 Å². The van der Waals surface area contributed by atoms with Crippen LogP contribution >= 0.6 is 11.6 Å². The van der Waals surface area contributed by atoms with E-state index in [0.29, 0.717) is 22.1 Å². The number of aryl methyl sites for hydroxylation is 1. The summed E-state index contributed by atoms with van der Waals surface area (Å²) in [6.45, 7) is 1.96. The summed E-state index contributed by atoms with van der Waals surface area (Å²) in [5.74, 6) is 0.600. The first-order chi connectivity index (χ1) is 14.0. The third-order valence-electron chi connectivity index (χ3n) is 4.68. The Balaban J connectivity index is 1.70. The van der Waals surface area contributed by atoms with E-state index in [1.54, 1.807) is 7.11 Å². The molecule has 4 aromatic rings. The molecule has 1 aromatic heterocycles. The van der Waals surface area contributed by atoms with Gasteiger partial charge in [-0.25, -0.2) is 4.79 Å². The molecule has 0 atom stereocenters. The Morgan fingerprint density at radius 1 is 1.00 bits per heavy atom. The number of para-hydroxylation sites is 1. The number of H-pyrrole nitrogens is 1. The van der Waals surface area contributed by atoms with Crippen molar-refractivity contribution in [1.82, 2.24) is 4.98 Å². The lowest BCUT2D eigenvalue weighted by Gasteiger charge is -2.13. The van der Waals surface area contributed by atoms with Crippen molar-refractivity contribution >= 4 is 39.9 Å². The number of methoxy groups -OCH3 is 1. The summed E-state index contributed by atoms with van der Waals surface area (Å²) in [5, 5.41) is 7.46. The number of carbonyl (C=O) groups excluding carboxylic acids is 1.